The van der Waals surface area contributed by atoms with Crippen LogP contribution in [0.1, 0.15) is 39.1 Å². The second-order valence-electron chi connectivity index (χ2n) is 5.58. The Morgan fingerprint density at radius 2 is 1.74 bits per heavy atom. The van der Waals surface area contributed by atoms with E-state index < -0.39 is 11.6 Å². The molecule has 2 aromatic rings. The molecule has 1 fully saturated rings. The molecule has 0 saturated carbocycles. The Kier molecular flexibility index (Phi) is 4.10. The number of nitrogens with zero attached hydrogens (tertiary/aromatic N) is 1. The van der Waals surface area contributed by atoms with Crippen LogP contribution in [-0.4, -0.2) is 30.3 Å². The molecule has 0 aliphatic carbocycles. The Morgan fingerprint density at radius 1 is 1.09 bits per heavy atom. The van der Waals surface area contributed by atoms with Gasteiger partial charge in [0, 0.05) is 29.9 Å². The van der Waals surface area contributed by atoms with Gasteiger partial charge in [-0.1, -0.05) is 0 Å². The third-order valence-electron chi connectivity index (χ3n) is 4.08. The number of aldehydes is 1. The van der Waals surface area contributed by atoms with Crippen molar-refractivity contribution < 1.29 is 19.1 Å². The van der Waals surface area contributed by atoms with Gasteiger partial charge in [-0.2, -0.15) is 0 Å². The van der Waals surface area contributed by atoms with Crippen LogP contribution in [0.3, 0.4) is 0 Å². The van der Waals surface area contributed by atoms with Gasteiger partial charge in [0.2, 0.25) is 0 Å². The lowest BCUT2D eigenvalue weighted by Crippen LogP contribution is -2.17. The smallest absolute Gasteiger partial charge is 0.193 e. The Balaban J connectivity index is 1.88. The lowest BCUT2D eigenvalue weighted by Gasteiger charge is -2.17. The number of aromatic hydroxyl groups is 1. The van der Waals surface area contributed by atoms with Crippen molar-refractivity contribution >= 4 is 17.8 Å². The van der Waals surface area contributed by atoms with E-state index in [4.69, 9.17) is 0 Å². The van der Waals surface area contributed by atoms with Crippen LogP contribution in [0.25, 0.3) is 0 Å². The normalized spacial score (nSPS) is 14.0. The zero-order valence-corrected chi connectivity index (χ0v) is 12.5. The number of anilines is 1. The van der Waals surface area contributed by atoms with Gasteiger partial charge in [-0.25, -0.2) is 4.39 Å². The van der Waals surface area contributed by atoms with Crippen molar-refractivity contribution in [2.45, 2.75) is 12.8 Å². The molecule has 0 bridgehead atoms. The predicted octanol–water partition coefficient (Wildman–Crippen LogP) is 3.18. The zero-order chi connectivity index (χ0) is 16.4. The average molecular weight is 313 g/mol. The molecule has 4 nitrogen and oxygen atoms in total. The average Bonchev–Trinajstić information content (AvgIpc) is 3.11. The van der Waals surface area contributed by atoms with E-state index in [-0.39, 0.29) is 16.9 Å². The Bertz CT molecular complexity index is 750. The summed E-state index contributed by atoms with van der Waals surface area (Å²) in [5.74, 6) is -2.10. The molecule has 23 heavy (non-hydrogen) atoms. The predicted molar refractivity (Wildman–Crippen MR) is 84.8 cm³/mol. The highest BCUT2D eigenvalue weighted by Gasteiger charge is 2.17. The summed E-state index contributed by atoms with van der Waals surface area (Å²) in [6.07, 6.45) is 2.66. The van der Waals surface area contributed by atoms with Crippen LogP contribution in [0.2, 0.25) is 0 Å². The number of carbonyl (C=O) groups excluding carboxylic acids is 2. The summed E-state index contributed by atoms with van der Waals surface area (Å²) >= 11 is 0. The first-order chi connectivity index (χ1) is 11.1. The van der Waals surface area contributed by atoms with Crippen molar-refractivity contribution in [2.24, 2.45) is 0 Å². The maximum absolute atomic E-state index is 13.6. The summed E-state index contributed by atoms with van der Waals surface area (Å²) in [5, 5.41) is 9.41. The molecule has 5 heteroatoms. The van der Waals surface area contributed by atoms with Gasteiger partial charge in [-0.05, 0) is 49.2 Å². The Labute approximate surface area is 133 Å². The molecule has 1 aliphatic heterocycles. The highest BCUT2D eigenvalue weighted by molar-refractivity contribution is 6.10. The fourth-order valence-corrected chi connectivity index (χ4v) is 2.81. The van der Waals surface area contributed by atoms with Gasteiger partial charge in [-0.15, -0.1) is 0 Å². The number of phenolic OH excluding ortho intramolecular Hbond substituents is 1. The number of halogens is 1. The standard InChI is InChI=1S/C18H16FNO3/c19-16-10-13(9-14(11-21)18(16)23)17(22)12-3-5-15(6-4-12)20-7-1-2-8-20/h3-6,9-11,23H,1-2,7-8H2. The van der Waals surface area contributed by atoms with E-state index in [9.17, 15) is 19.1 Å². The SMILES string of the molecule is O=Cc1cc(C(=O)c2ccc(N3CCCC3)cc2)cc(F)c1O. The third kappa shape index (κ3) is 2.95. The number of carbonyl (C=O) groups is 2. The molecule has 0 atom stereocenters. The molecule has 0 spiro atoms. The van der Waals surface area contributed by atoms with Gasteiger partial charge in [-0.3, -0.25) is 9.59 Å². The molecule has 0 unspecified atom stereocenters. The van der Waals surface area contributed by atoms with E-state index in [2.05, 4.69) is 4.90 Å². The maximum atomic E-state index is 13.6. The van der Waals surface area contributed by atoms with Crippen LogP contribution in [0.15, 0.2) is 36.4 Å². The van der Waals surface area contributed by atoms with Gasteiger partial charge >= 0.3 is 0 Å². The van der Waals surface area contributed by atoms with E-state index in [0.717, 1.165) is 24.8 Å². The van der Waals surface area contributed by atoms with Gasteiger partial charge in [0.05, 0.1) is 5.56 Å². The van der Waals surface area contributed by atoms with Crippen LogP contribution < -0.4 is 4.90 Å². The highest BCUT2D eigenvalue weighted by atomic mass is 19.1. The lowest BCUT2D eigenvalue weighted by molar-refractivity contribution is 0.103. The minimum atomic E-state index is -0.980. The van der Waals surface area contributed by atoms with Crippen LogP contribution in [0.5, 0.6) is 5.75 Å². The Morgan fingerprint density at radius 3 is 2.35 bits per heavy atom. The lowest BCUT2D eigenvalue weighted by atomic mass is 10.0. The monoisotopic (exact) mass is 313 g/mol. The first-order valence-electron chi connectivity index (χ1n) is 7.47. The molecule has 0 amide bonds. The van der Waals surface area contributed by atoms with E-state index >= 15 is 0 Å². The molecule has 1 aliphatic rings. The fraction of sp³-hybridized carbons (Fsp3) is 0.222. The topological polar surface area (TPSA) is 57.6 Å². The minimum absolute atomic E-state index is 0.0383. The van der Waals surface area contributed by atoms with Crippen molar-refractivity contribution in [1.82, 2.24) is 0 Å². The van der Waals surface area contributed by atoms with Gasteiger partial charge in [0.25, 0.3) is 0 Å². The summed E-state index contributed by atoms with van der Waals surface area (Å²) < 4.78 is 13.6. The molecule has 3 rings (SSSR count). The van der Waals surface area contributed by atoms with Crippen molar-refractivity contribution in [1.29, 1.82) is 0 Å². The van der Waals surface area contributed by atoms with Gasteiger partial charge < -0.3 is 10.0 Å². The summed E-state index contributed by atoms with van der Waals surface area (Å²) in [7, 11) is 0. The van der Waals surface area contributed by atoms with E-state index in [1.54, 1.807) is 12.1 Å². The van der Waals surface area contributed by atoms with E-state index in [1.807, 2.05) is 12.1 Å². The summed E-state index contributed by atoms with van der Waals surface area (Å²) in [6.45, 7) is 2.03. The number of hydrogen-bond donors (Lipinski definition) is 1. The number of ketones is 1. The van der Waals surface area contributed by atoms with Gasteiger partial charge in [0.15, 0.2) is 23.6 Å². The van der Waals surface area contributed by atoms with Crippen molar-refractivity contribution in [3.63, 3.8) is 0 Å². The zero-order valence-electron chi connectivity index (χ0n) is 12.5. The number of rotatable bonds is 4. The fourth-order valence-electron chi connectivity index (χ4n) is 2.81. The van der Waals surface area contributed by atoms with E-state index in [0.29, 0.717) is 11.8 Å². The quantitative estimate of drug-likeness (QED) is 0.696. The molecule has 1 N–H and O–H groups in total. The molecule has 0 radical (unpaired) electrons. The first kappa shape index (κ1) is 15.2. The van der Waals surface area contributed by atoms with Crippen LogP contribution in [0.4, 0.5) is 10.1 Å². The van der Waals surface area contributed by atoms with Gasteiger partial charge in [0.1, 0.15) is 0 Å². The Hall–Kier alpha value is -2.69. The second kappa shape index (κ2) is 6.20. The second-order valence-corrected chi connectivity index (χ2v) is 5.58. The van der Waals surface area contributed by atoms with Crippen molar-refractivity contribution in [3.8, 4) is 5.75 Å². The number of hydrogen-bond acceptors (Lipinski definition) is 4. The molecule has 1 saturated heterocycles. The first-order valence-corrected chi connectivity index (χ1v) is 7.47. The van der Waals surface area contributed by atoms with Crippen molar-refractivity contribution in [3.05, 3.63) is 58.9 Å². The number of phenols is 1. The van der Waals surface area contributed by atoms with E-state index in [1.165, 1.54) is 18.9 Å². The van der Waals surface area contributed by atoms with Crippen molar-refractivity contribution in [2.75, 3.05) is 18.0 Å². The summed E-state index contributed by atoms with van der Waals surface area (Å²) in [6, 6.07) is 9.27. The molecular weight excluding hydrogens is 297 g/mol. The minimum Gasteiger partial charge on any atom is -0.504 e. The van der Waals surface area contributed by atoms with Crippen LogP contribution in [0, 0.1) is 5.82 Å². The molecule has 0 aromatic heterocycles. The third-order valence-corrected chi connectivity index (χ3v) is 4.08. The van der Waals surface area contributed by atoms with Crippen LogP contribution in [-0.2, 0) is 0 Å². The maximum Gasteiger partial charge on any atom is 0.193 e. The molecule has 1 heterocycles. The summed E-state index contributed by atoms with van der Waals surface area (Å²) in [5.41, 5.74) is 1.28. The highest BCUT2D eigenvalue weighted by Crippen LogP contribution is 2.25. The van der Waals surface area contributed by atoms with Crippen LogP contribution >= 0.6 is 0 Å². The molecule has 2 aromatic carbocycles. The number of benzene rings is 2. The summed E-state index contributed by atoms with van der Waals surface area (Å²) in [4.78, 5) is 25.5. The molecule has 118 valence electrons. The molecular formula is C18H16FNO3. The largest absolute Gasteiger partial charge is 0.504 e.